The van der Waals surface area contributed by atoms with Gasteiger partial charge in [0.2, 0.25) is 0 Å². The molecule has 0 N–H and O–H groups in total. The Labute approximate surface area is 88.6 Å². The van der Waals surface area contributed by atoms with Gasteiger partial charge in [0.25, 0.3) is 0 Å². The summed E-state index contributed by atoms with van der Waals surface area (Å²) in [4.78, 5) is 2.59. The van der Waals surface area contributed by atoms with Crippen LogP contribution in [0.3, 0.4) is 0 Å². The summed E-state index contributed by atoms with van der Waals surface area (Å²) < 4.78 is 5.61. The molecular formula is C12H25NO. The van der Waals surface area contributed by atoms with Gasteiger partial charge in [-0.1, -0.05) is 0 Å². The Morgan fingerprint density at radius 3 is 2.29 bits per heavy atom. The Morgan fingerprint density at radius 1 is 1.21 bits per heavy atom. The van der Waals surface area contributed by atoms with E-state index in [1.54, 1.807) is 0 Å². The molecule has 1 rings (SSSR count). The van der Waals surface area contributed by atoms with Gasteiger partial charge in [-0.2, -0.15) is 0 Å². The van der Waals surface area contributed by atoms with Gasteiger partial charge in [-0.15, -0.1) is 0 Å². The van der Waals surface area contributed by atoms with Crippen LogP contribution in [0.1, 0.15) is 47.0 Å². The molecule has 0 spiro atoms. The Bertz CT molecular complexity index is 160. The lowest BCUT2D eigenvalue weighted by Gasteiger charge is -2.35. The third-order valence-corrected chi connectivity index (χ3v) is 3.13. The molecule has 1 aliphatic heterocycles. The molecule has 0 aromatic carbocycles. The predicted molar refractivity (Wildman–Crippen MR) is 60.6 cm³/mol. The second-order valence-electron chi connectivity index (χ2n) is 5.18. The van der Waals surface area contributed by atoms with Crippen LogP contribution < -0.4 is 0 Å². The van der Waals surface area contributed by atoms with E-state index in [2.05, 4.69) is 32.6 Å². The molecule has 2 heteroatoms. The summed E-state index contributed by atoms with van der Waals surface area (Å²) in [5, 5.41) is 0. The summed E-state index contributed by atoms with van der Waals surface area (Å²) in [6, 6.07) is 0. The molecule has 0 radical (unpaired) electrons. The summed E-state index contributed by atoms with van der Waals surface area (Å²) in [6.45, 7) is 12.3. The molecule has 1 heterocycles. The third-order valence-electron chi connectivity index (χ3n) is 3.13. The smallest absolute Gasteiger partial charge is 0.0518 e. The molecule has 0 amide bonds. The number of nitrogens with zero attached hydrogens (tertiary/aromatic N) is 1. The van der Waals surface area contributed by atoms with Crippen molar-refractivity contribution in [3.63, 3.8) is 0 Å². The first-order valence-corrected chi connectivity index (χ1v) is 5.89. The van der Waals surface area contributed by atoms with Crippen molar-refractivity contribution in [1.29, 1.82) is 0 Å². The van der Waals surface area contributed by atoms with Crippen molar-refractivity contribution in [2.45, 2.75) is 58.6 Å². The van der Waals surface area contributed by atoms with Crippen LogP contribution in [0.25, 0.3) is 0 Å². The van der Waals surface area contributed by atoms with E-state index in [0.29, 0.717) is 11.6 Å². The minimum atomic E-state index is 0.325. The lowest BCUT2D eigenvalue weighted by atomic mass is 9.99. The minimum absolute atomic E-state index is 0.325. The van der Waals surface area contributed by atoms with Crippen LogP contribution in [0, 0.1) is 0 Å². The molecule has 0 saturated carbocycles. The van der Waals surface area contributed by atoms with Gasteiger partial charge in [0.05, 0.1) is 6.10 Å². The maximum atomic E-state index is 5.61. The van der Waals surface area contributed by atoms with Gasteiger partial charge >= 0.3 is 0 Å². The van der Waals surface area contributed by atoms with Crippen LogP contribution in [0.5, 0.6) is 0 Å². The summed E-state index contributed by atoms with van der Waals surface area (Å²) in [6.07, 6.45) is 4.25. The molecule has 2 nitrogen and oxygen atoms in total. The fraction of sp³-hybridized carbons (Fsp3) is 1.00. The van der Waals surface area contributed by atoms with E-state index in [-0.39, 0.29) is 0 Å². The Morgan fingerprint density at radius 2 is 1.79 bits per heavy atom. The van der Waals surface area contributed by atoms with E-state index < -0.39 is 0 Å². The van der Waals surface area contributed by atoms with Gasteiger partial charge in [-0.25, -0.2) is 0 Å². The van der Waals surface area contributed by atoms with Crippen LogP contribution in [0.4, 0.5) is 0 Å². The predicted octanol–water partition coefficient (Wildman–Crippen LogP) is 2.68. The van der Waals surface area contributed by atoms with Crippen molar-refractivity contribution in [3.8, 4) is 0 Å². The molecular weight excluding hydrogens is 174 g/mol. The highest BCUT2D eigenvalue weighted by Gasteiger charge is 2.28. The monoisotopic (exact) mass is 199 g/mol. The first-order chi connectivity index (χ1) is 6.52. The zero-order valence-corrected chi connectivity index (χ0v) is 10.2. The van der Waals surface area contributed by atoms with Crippen molar-refractivity contribution in [3.05, 3.63) is 0 Å². The Kier molecular flexibility index (Phi) is 4.39. The molecule has 14 heavy (non-hydrogen) atoms. The molecule has 0 aliphatic carbocycles. The van der Waals surface area contributed by atoms with Crippen LogP contribution in [-0.2, 0) is 4.74 Å². The Balaban J connectivity index is 2.25. The molecule has 0 atom stereocenters. The quantitative estimate of drug-likeness (QED) is 0.675. The minimum Gasteiger partial charge on any atom is -0.379 e. The second-order valence-corrected chi connectivity index (χ2v) is 5.18. The van der Waals surface area contributed by atoms with Gasteiger partial charge in [0.15, 0.2) is 0 Å². The number of likely N-dealkylation sites (tertiary alicyclic amines) is 1. The highest BCUT2D eigenvalue weighted by Crippen LogP contribution is 2.23. The van der Waals surface area contributed by atoms with Crippen molar-refractivity contribution in [2.24, 2.45) is 0 Å². The number of ether oxygens (including phenoxy) is 1. The largest absolute Gasteiger partial charge is 0.379 e. The van der Waals surface area contributed by atoms with Crippen molar-refractivity contribution < 1.29 is 4.74 Å². The van der Waals surface area contributed by atoms with Crippen LogP contribution in [-0.4, -0.2) is 36.2 Å². The highest BCUT2D eigenvalue weighted by atomic mass is 16.5. The standard InChI is InChI=1S/C12H25NO/c1-11(2)14-10-7-12(3,4)13-8-5-6-9-13/h11H,5-10H2,1-4H3. The summed E-state index contributed by atoms with van der Waals surface area (Å²) in [5.41, 5.74) is 0.325. The highest BCUT2D eigenvalue weighted by molar-refractivity contribution is 4.84. The second kappa shape index (κ2) is 5.13. The van der Waals surface area contributed by atoms with Gasteiger partial charge < -0.3 is 4.74 Å². The van der Waals surface area contributed by atoms with E-state index in [1.807, 2.05) is 0 Å². The zero-order chi connectivity index (χ0) is 10.6. The van der Waals surface area contributed by atoms with Crippen molar-refractivity contribution in [2.75, 3.05) is 19.7 Å². The van der Waals surface area contributed by atoms with E-state index in [1.165, 1.54) is 25.9 Å². The zero-order valence-electron chi connectivity index (χ0n) is 10.2. The fourth-order valence-electron chi connectivity index (χ4n) is 2.02. The van der Waals surface area contributed by atoms with Crippen LogP contribution in [0.15, 0.2) is 0 Å². The molecule has 0 aromatic heterocycles. The van der Waals surface area contributed by atoms with E-state index in [0.717, 1.165) is 13.0 Å². The lowest BCUT2D eigenvalue weighted by molar-refractivity contribution is 0.0398. The molecule has 1 fully saturated rings. The lowest BCUT2D eigenvalue weighted by Crippen LogP contribution is -2.42. The SMILES string of the molecule is CC(C)OCCC(C)(C)N1CCCC1. The first-order valence-electron chi connectivity index (χ1n) is 5.89. The van der Waals surface area contributed by atoms with Crippen LogP contribution >= 0.6 is 0 Å². The van der Waals surface area contributed by atoms with Gasteiger partial charge in [-0.05, 0) is 60.0 Å². The Hall–Kier alpha value is -0.0800. The van der Waals surface area contributed by atoms with Gasteiger partial charge in [-0.3, -0.25) is 4.90 Å². The topological polar surface area (TPSA) is 12.5 Å². The van der Waals surface area contributed by atoms with Gasteiger partial charge in [0.1, 0.15) is 0 Å². The number of rotatable bonds is 5. The third kappa shape index (κ3) is 3.58. The molecule has 84 valence electrons. The first kappa shape index (κ1) is 12.0. The summed E-state index contributed by atoms with van der Waals surface area (Å²) in [7, 11) is 0. The normalized spacial score (nSPS) is 19.5. The maximum Gasteiger partial charge on any atom is 0.0518 e. The van der Waals surface area contributed by atoms with Gasteiger partial charge in [0, 0.05) is 12.1 Å². The van der Waals surface area contributed by atoms with E-state index in [4.69, 9.17) is 4.74 Å². The molecule has 0 unspecified atom stereocenters. The number of hydrogen-bond donors (Lipinski definition) is 0. The van der Waals surface area contributed by atoms with Crippen molar-refractivity contribution in [1.82, 2.24) is 4.90 Å². The number of hydrogen-bond acceptors (Lipinski definition) is 2. The molecule has 1 saturated heterocycles. The maximum absolute atomic E-state index is 5.61. The summed E-state index contributed by atoms with van der Waals surface area (Å²) >= 11 is 0. The van der Waals surface area contributed by atoms with E-state index >= 15 is 0 Å². The fourth-order valence-corrected chi connectivity index (χ4v) is 2.02. The van der Waals surface area contributed by atoms with Crippen molar-refractivity contribution >= 4 is 0 Å². The summed E-state index contributed by atoms with van der Waals surface area (Å²) in [5.74, 6) is 0. The average molecular weight is 199 g/mol. The van der Waals surface area contributed by atoms with E-state index in [9.17, 15) is 0 Å². The molecule has 0 bridgehead atoms. The average Bonchev–Trinajstić information content (AvgIpc) is 2.54. The molecule has 1 aliphatic rings. The van der Waals surface area contributed by atoms with Crippen LogP contribution in [0.2, 0.25) is 0 Å². The molecule has 0 aromatic rings.